The minimum atomic E-state index is 0.781. The summed E-state index contributed by atoms with van der Waals surface area (Å²) >= 11 is 0. The van der Waals surface area contributed by atoms with Gasteiger partial charge in [-0.2, -0.15) is 0 Å². The van der Waals surface area contributed by atoms with Crippen LogP contribution in [-0.2, 0) is 6.42 Å². The third-order valence-electron chi connectivity index (χ3n) is 5.73. The van der Waals surface area contributed by atoms with Crippen molar-refractivity contribution in [3.8, 4) is 11.1 Å². The van der Waals surface area contributed by atoms with Gasteiger partial charge in [0.15, 0.2) is 0 Å². The van der Waals surface area contributed by atoms with E-state index in [2.05, 4.69) is 62.0 Å². The molecule has 0 unspecified atom stereocenters. The quantitative estimate of drug-likeness (QED) is 0.496. The summed E-state index contributed by atoms with van der Waals surface area (Å²) in [5, 5.41) is 0. The van der Waals surface area contributed by atoms with E-state index in [-0.39, 0.29) is 0 Å². The van der Waals surface area contributed by atoms with Crippen LogP contribution in [0.4, 0.5) is 0 Å². The molecule has 0 nitrogen and oxygen atoms in total. The second-order valence-corrected chi connectivity index (χ2v) is 7.27. The highest BCUT2D eigenvalue weighted by atomic mass is 14.3. The normalized spacial score (nSPS) is 20.7. The van der Waals surface area contributed by atoms with Gasteiger partial charge in [-0.25, -0.2) is 0 Å². The highest BCUT2D eigenvalue weighted by molar-refractivity contribution is 5.64. The van der Waals surface area contributed by atoms with E-state index in [1.54, 1.807) is 0 Å². The van der Waals surface area contributed by atoms with E-state index in [9.17, 15) is 0 Å². The first kappa shape index (κ1) is 17.0. The fourth-order valence-electron chi connectivity index (χ4n) is 3.98. The van der Waals surface area contributed by atoms with E-state index in [0.29, 0.717) is 0 Å². The van der Waals surface area contributed by atoms with Crippen molar-refractivity contribution in [1.82, 2.24) is 0 Å². The molecule has 0 amide bonds. The molecule has 0 radical (unpaired) electrons. The van der Waals surface area contributed by atoms with Crippen LogP contribution in [0.25, 0.3) is 11.1 Å². The second kappa shape index (κ2) is 8.33. The maximum atomic E-state index is 3.80. The van der Waals surface area contributed by atoms with Gasteiger partial charge >= 0.3 is 0 Å². The molecule has 126 valence electrons. The zero-order valence-electron chi connectivity index (χ0n) is 15.0. The van der Waals surface area contributed by atoms with Gasteiger partial charge in [0, 0.05) is 0 Å². The van der Waals surface area contributed by atoms with Crippen molar-refractivity contribution in [3.05, 3.63) is 72.3 Å². The topological polar surface area (TPSA) is 0 Å². The fraction of sp³-hybridized carbons (Fsp3) is 0.417. The third-order valence-corrected chi connectivity index (χ3v) is 5.73. The molecule has 0 saturated heterocycles. The molecular formula is C24H30. The lowest BCUT2D eigenvalue weighted by Crippen LogP contribution is -2.12. The van der Waals surface area contributed by atoms with Gasteiger partial charge in [0.05, 0.1) is 0 Å². The first-order valence-electron chi connectivity index (χ1n) is 9.60. The first-order chi connectivity index (χ1) is 11.8. The Kier molecular flexibility index (Phi) is 5.91. The smallest absolute Gasteiger partial charge is 0.0162 e. The molecule has 0 aliphatic heterocycles. The number of rotatable bonds is 6. The summed E-state index contributed by atoms with van der Waals surface area (Å²) in [5.74, 6) is 1.75. The van der Waals surface area contributed by atoms with E-state index in [1.165, 1.54) is 54.4 Å². The Bertz CT molecular complexity index is 625. The Hall–Kier alpha value is -1.82. The fourth-order valence-corrected chi connectivity index (χ4v) is 3.98. The van der Waals surface area contributed by atoms with E-state index < -0.39 is 0 Å². The van der Waals surface area contributed by atoms with Crippen molar-refractivity contribution in [3.63, 3.8) is 0 Å². The van der Waals surface area contributed by atoms with Crippen molar-refractivity contribution in [2.75, 3.05) is 0 Å². The van der Waals surface area contributed by atoms with Crippen LogP contribution in [0.5, 0.6) is 0 Å². The second-order valence-electron chi connectivity index (χ2n) is 7.27. The number of hydrogen-bond donors (Lipinski definition) is 0. The molecule has 24 heavy (non-hydrogen) atoms. The van der Waals surface area contributed by atoms with Crippen molar-refractivity contribution in [2.45, 2.75) is 57.8 Å². The maximum Gasteiger partial charge on any atom is -0.0162 e. The zero-order chi connectivity index (χ0) is 16.8. The van der Waals surface area contributed by atoms with Gasteiger partial charge in [0.2, 0.25) is 0 Å². The predicted octanol–water partition coefficient (Wildman–Crippen LogP) is 7.16. The lowest BCUT2D eigenvalue weighted by molar-refractivity contribution is 0.319. The van der Waals surface area contributed by atoms with Gasteiger partial charge in [-0.15, -0.1) is 6.58 Å². The van der Waals surface area contributed by atoms with Gasteiger partial charge in [-0.1, -0.05) is 68.0 Å². The molecule has 2 aromatic rings. The molecule has 1 saturated carbocycles. The average Bonchev–Trinajstić information content (AvgIpc) is 2.67. The highest BCUT2D eigenvalue weighted by Crippen LogP contribution is 2.37. The molecule has 0 aromatic heterocycles. The standard InChI is InChI=1S/C24H30/c1-3-5-6-20-9-13-22(14-10-20)24-17-15-23(16-18-24)21-11-7-19(4-2)8-12-21/h3,9-10,13-19,21H,1,4-8,11-12H2,2H3. The zero-order valence-corrected chi connectivity index (χ0v) is 15.0. The largest absolute Gasteiger partial charge is 0.103 e. The summed E-state index contributed by atoms with van der Waals surface area (Å²) in [6.45, 7) is 6.13. The van der Waals surface area contributed by atoms with Gasteiger partial charge in [0.25, 0.3) is 0 Å². The Morgan fingerprint density at radius 2 is 1.46 bits per heavy atom. The molecule has 1 fully saturated rings. The molecular weight excluding hydrogens is 288 g/mol. The number of aryl methyl sites for hydroxylation is 1. The number of hydrogen-bond acceptors (Lipinski definition) is 0. The number of allylic oxidation sites excluding steroid dienone is 1. The molecule has 0 heteroatoms. The minimum absolute atomic E-state index is 0.781. The van der Waals surface area contributed by atoms with Crippen LogP contribution >= 0.6 is 0 Å². The van der Waals surface area contributed by atoms with E-state index >= 15 is 0 Å². The SMILES string of the molecule is C=CCCc1ccc(-c2ccc(C3CCC(CC)CC3)cc2)cc1. The molecule has 1 aliphatic carbocycles. The van der Waals surface area contributed by atoms with Crippen molar-refractivity contribution in [1.29, 1.82) is 0 Å². The van der Waals surface area contributed by atoms with E-state index in [1.807, 2.05) is 6.08 Å². The Balaban J connectivity index is 1.65. The molecule has 0 N–H and O–H groups in total. The van der Waals surface area contributed by atoms with Crippen LogP contribution < -0.4 is 0 Å². The lowest BCUT2D eigenvalue weighted by Gasteiger charge is -2.28. The summed E-state index contributed by atoms with van der Waals surface area (Å²) in [4.78, 5) is 0. The van der Waals surface area contributed by atoms with Crippen molar-refractivity contribution >= 4 is 0 Å². The molecule has 3 rings (SSSR count). The summed E-state index contributed by atoms with van der Waals surface area (Å²) in [6, 6.07) is 18.3. The van der Waals surface area contributed by atoms with Gasteiger partial charge in [-0.05, 0) is 72.6 Å². The van der Waals surface area contributed by atoms with Gasteiger partial charge in [0.1, 0.15) is 0 Å². The third kappa shape index (κ3) is 4.17. The molecule has 2 aromatic carbocycles. The predicted molar refractivity (Wildman–Crippen MR) is 105 cm³/mol. The summed E-state index contributed by atoms with van der Waals surface area (Å²) in [7, 11) is 0. The average molecular weight is 319 g/mol. The molecule has 1 aliphatic rings. The van der Waals surface area contributed by atoms with Crippen LogP contribution in [0, 0.1) is 5.92 Å². The van der Waals surface area contributed by atoms with Crippen molar-refractivity contribution in [2.24, 2.45) is 5.92 Å². The van der Waals surface area contributed by atoms with Crippen LogP contribution in [0.3, 0.4) is 0 Å². The Labute approximate surface area is 147 Å². The maximum absolute atomic E-state index is 3.80. The van der Waals surface area contributed by atoms with Crippen LogP contribution in [0.2, 0.25) is 0 Å². The number of benzene rings is 2. The molecule has 0 bridgehead atoms. The summed E-state index contributed by atoms with van der Waals surface area (Å²) < 4.78 is 0. The Morgan fingerprint density at radius 1 is 0.875 bits per heavy atom. The molecule has 0 spiro atoms. The minimum Gasteiger partial charge on any atom is -0.103 e. The van der Waals surface area contributed by atoms with Crippen LogP contribution in [0.1, 0.15) is 62.5 Å². The van der Waals surface area contributed by atoms with Gasteiger partial charge < -0.3 is 0 Å². The van der Waals surface area contributed by atoms with E-state index in [4.69, 9.17) is 0 Å². The van der Waals surface area contributed by atoms with Crippen molar-refractivity contribution < 1.29 is 0 Å². The molecule has 0 atom stereocenters. The Morgan fingerprint density at radius 3 is 2.00 bits per heavy atom. The van der Waals surface area contributed by atoms with Crippen LogP contribution in [0.15, 0.2) is 61.2 Å². The monoisotopic (exact) mass is 318 g/mol. The summed E-state index contributed by atoms with van der Waals surface area (Å²) in [6.07, 6.45) is 11.0. The summed E-state index contributed by atoms with van der Waals surface area (Å²) in [5.41, 5.74) is 5.58. The van der Waals surface area contributed by atoms with Gasteiger partial charge in [-0.3, -0.25) is 0 Å². The van der Waals surface area contributed by atoms with E-state index in [0.717, 1.165) is 24.7 Å². The van der Waals surface area contributed by atoms with Crippen LogP contribution in [-0.4, -0.2) is 0 Å². The first-order valence-corrected chi connectivity index (χ1v) is 9.60. The lowest BCUT2D eigenvalue weighted by atomic mass is 9.77. The molecule has 0 heterocycles. The highest BCUT2D eigenvalue weighted by Gasteiger charge is 2.21.